The zero-order valence-corrected chi connectivity index (χ0v) is 16.5. The Morgan fingerprint density at radius 3 is 2.47 bits per heavy atom. The van der Waals surface area contributed by atoms with Gasteiger partial charge in [-0.25, -0.2) is 0 Å². The molecule has 1 saturated carbocycles. The Kier molecular flexibility index (Phi) is 4.78. The molecule has 84 valence electrons. The predicted octanol–water partition coefficient (Wildman–Crippen LogP) is 3.68. The minimum atomic E-state index is -1.49. The van der Waals surface area contributed by atoms with Crippen LogP contribution in [-0.2, 0) is 32.8 Å². The van der Waals surface area contributed by atoms with E-state index in [0.29, 0.717) is 3.43 Å². The van der Waals surface area contributed by atoms with Crippen molar-refractivity contribution in [2.75, 3.05) is 0 Å². The standard InChI is InChI=1S/C8H10Cl3O2.ClH.Hg/c9-8(10,11)7-12-5-3-1-2-4-6(5)13-7;;/h3,5-7H,1-2,4H2;1H;/q;;+1/p-1. The molecule has 0 N–H and O–H groups in total. The second kappa shape index (κ2) is 5.33. The molecule has 0 spiro atoms. The quantitative estimate of drug-likeness (QED) is 0.421. The molecule has 7 heteroatoms. The van der Waals surface area contributed by atoms with Gasteiger partial charge in [-0.3, -0.25) is 0 Å². The van der Waals surface area contributed by atoms with Crippen molar-refractivity contribution in [3.63, 3.8) is 0 Å². The van der Waals surface area contributed by atoms with Crippen molar-refractivity contribution in [2.24, 2.45) is 0 Å². The van der Waals surface area contributed by atoms with Crippen LogP contribution >= 0.6 is 43.1 Å². The average Bonchev–Trinajstić information content (AvgIpc) is 2.59. The summed E-state index contributed by atoms with van der Waals surface area (Å²) in [5.74, 6) is 0. The number of halogens is 4. The molecule has 0 bridgehead atoms. The molecular formula is C8H10Cl4HgO2. The van der Waals surface area contributed by atoms with Gasteiger partial charge in [-0.2, -0.15) is 0 Å². The van der Waals surface area contributed by atoms with Crippen molar-refractivity contribution in [1.82, 2.24) is 0 Å². The van der Waals surface area contributed by atoms with Crippen LogP contribution in [0.25, 0.3) is 0 Å². The third-order valence-corrected chi connectivity index (χ3v) is 11.9. The number of rotatable bonds is 1. The van der Waals surface area contributed by atoms with E-state index in [0.717, 1.165) is 19.3 Å². The summed E-state index contributed by atoms with van der Waals surface area (Å²) in [5, 5.41) is 0. The normalized spacial score (nSPS) is 41.1. The first-order chi connectivity index (χ1) is 7.02. The zero-order chi connectivity index (χ0) is 11.1. The Balaban J connectivity index is 2.04. The van der Waals surface area contributed by atoms with Gasteiger partial charge in [-0.15, -0.1) is 0 Å². The Labute approximate surface area is 120 Å². The number of alkyl halides is 3. The molecule has 0 aromatic heterocycles. The fourth-order valence-corrected chi connectivity index (χ4v) is 9.43. The molecule has 2 fully saturated rings. The van der Waals surface area contributed by atoms with E-state index in [1.807, 2.05) is 0 Å². The zero-order valence-electron chi connectivity index (χ0n) is 7.97. The van der Waals surface area contributed by atoms with Crippen LogP contribution in [0.2, 0.25) is 3.43 Å². The van der Waals surface area contributed by atoms with Crippen molar-refractivity contribution in [3.05, 3.63) is 0 Å². The molecule has 1 aliphatic carbocycles. The average molecular weight is 481 g/mol. The van der Waals surface area contributed by atoms with Gasteiger partial charge in [0.1, 0.15) is 0 Å². The van der Waals surface area contributed by atoms with Crippen LogP contribution in [0.5, 0.6) is 0 Å². The van der Waals surface area contributed by atoms with Crippen molar-refractivity contribution in [2.45, 2.75) is 45.0 Å². The molecule has 0 aromatic rings. The van der Waals surface area contributed by atoms with Crippen LogP contribution in [0.3, 0.4) is 0 Å². The molecule has 2 aliphatic rings. The predicted molar refractivity (Wildman–Crippen MR) is 57.3 cm³/mol. The molecule has 1 heterocycles. The first kappa shape index (κ1) is 13.4. The summed E-state index contributed by atoms with van der Waals surface area (Å²) in [4.78, 5) is 0. The molecule has 0 radical (unpaired) electrons. The molecule has 4 unspecified atom stereocenters. The van der Waals surface area contributed by atoms with Gasteiger partial charge >= 0.3 is 121 Å². The minimum absolute atomic E-state index is 0.0820. The summed E-state index contributed by atoms with van der Waals surface area (Å²) in [6, 6.07) is 0. The van der Waals surface area contributed by atoms with Crippen LogP contribution in [0.15, 0.2) is 0 Å². The van der Waals surface area contributed by atoms with Crippen LogP contribution < -0.4 is 0 Å². The summed E-state index contributed by atoms with van der Waals surface area (Å²) in [6.07, 6.45) is 2.73. The Morgan fingerprint density at radius 2 is 1.87 bits per heavy atom. The van der Waals surface area contributed by atoms with Crippen molar-refractivity contribution in [1.29, 1.82) is 0 Å². The Hall–Kier alpha value is 2.02. The molecule has 4 atom stereocenters. The molecule has 15 heavy (non-hydrogen) atoms. The van der Waals surface area contributed by atoms with E-state index >= 15 is 0 Å². The molecule has 2 rings (SSSR count). The van der Waals surface area contributed by atoms with E-state index in [-0.39, 0.29) is 12.2 Å². The maximum atomic E-state index is 6.10. The molecular weight excluding hydrogens is 470 g/mol. The van der Waals surface area contributed by atoms with Crippen LogP contribution in [0.1, 0.15) is 19.3 Å². The summed E-state index contributed by atoms with van der Waals surface area (Å²) in [6.45, 7) is 0. The molecule has 1 saturated heterocycles. The number of ether oxygens (including phenoxy) is 2. The summed E-state index contributed by atoms with van der Waals surface area (Å²) >= 11 is 16.0. The van der Waals surface area contributed by atoms with E-state index < -0.39 is 33.4 Å². The summed E-state index contributed by atoms with van der Waals surface area (Å²) < 4.78 is 10.3. The first-order valence-electron chi connectivity index (χ1n) is 4.96. The third-order valence-electron chi connectivity index (χ3n) is 2.94. The van der Waals surface area contributed by atoms with Crippen LogP contribution in [-0.4, -0.2) is 22.3 Å². The van der Waals surface area contributed by atoms with Gasteiger partial charge in [0, 0.05) is 0 Å². The van der Waals surface area contributed by atoms with E-state index in [1.165, 1.54) is 0 Å². The topological polar surface area (TPSA) is 18.5 Å². The number of hydrogen-bond acceptors (Lipinski definition) is 2. The third kappa shape index (κ3) is 3.07. The SMILES string of the molecule is [Cl][Hg][CH]1CCCC2OC(C(Cl)(Cl)Cl)OC21. The second-order valence-electron chi connectivity index (χ2n) is 3.99. The van der Waals surface area contributed by atoms with Gasteiger partial charge in [0.15, 0.2) is 0 Å². The number of hydrogen-bond donors (Lipinski definition) is 0. The number of fused-ring (bicyclic) bond motifs is 1. The van der Waals surface area contributed by atoms with E-state index in [9.17, 15) is 0 Å². The molecule has 1 aliphatic heterocycles. The van der Waals surface area contributed by atoms with Crippen molar-refractivity contribution in [3.8, 4) is 0 Å². The van der Waals surface area contributed by atoms with E-state index in [4.69, 9.17) is 52.5 Å². The van der Waals surface area contributed by atoms with Gasteiger partial charge in [0.05, 0.1) is 0 Å². The maximum absolute atomic E-state index is 6.10. The monoisotopic (exact) mass is 480 g/mol. The van der Waals surface area contributed by atoms with Crippen LogP contribution in [0, 0.1) is 0 Å². The molecule has 0 aromatic carbocycles. The van der Waals surface area contributed by atoms with Crippen molar-refractivity contribution >= 4 is 43.1 Å². The van der Waals surface area contributed by atoms with Crippen molar-refractivity contribution < 1.29 is 32.8 Å². The fourth-order valence-electron chi connectivity index (χ4n) is 2.21. The van der Waals surface area contributed by atoms with Gasteiger partial charge in [-0.1, -0.05) is 0 Å². The first-order valence-corrected chi connectivity index (χ1v) is 16.0. The van der Waals surface area contributed by atoms with Gasteiger partial charge in [0.25, 0.3) is 0 Å². The van der Waals surface area contributed by atoms with E-state index in [1.54, 1.807) is 0 Å². The van der Waals surface area contributed by atoms with Crippen LogP contribution in [0.4, 0.5) is 0 Å². The Bertz CT molecular complexity index is 235. The fraction of sp³-hybridized carbons (Fsp3) is 1.00. The van der Waals surface area contributed by atoms with Gasteiger partial charge < -0.3 is 0 Å². The Morgan fingerprint density at radius 1 is 1.13 bits per heavy atom. The summed E-state index contributed by atoms with van der Waals surface area (Å²) in [5.41, 5.74) is 0. The van der Waals surface area contributed by atoms with Gasteiger partial charge in [0.2, 0.25) is 0 Å². The molecule has 2 nitrogen and oxygen atoms in total. The van der Waals surface area contributed by atoms with Gasteiger partial charge in [-0.05, 0) is 0 Å². The van der Waals surface area contributed by atoms with E-state index in [2.05, 4.69) is 0 Å². The molecule has 0 amide bonds. The second-order valence-corrected chi connectivity index (χ2v) is 14.3. The summed E-state index contributed by atoms with van der Waals surface area (Å²) in [7, 11) is 6.10.